The lowest BCUT2D eigenvalue weighted by Crippen LogP contribution is -2.13. The third-order valence-electron chi connectivity index (χ3n) is 3.93. The van der Waals surface area contributed by atoms with Crippen LogP contribution in [0.15, 0.2) is 60.4 Å². The number of Topliss-reactive ketones (excluding diaryl/α,β-unsaturated/α-hetero) is 1. The first-order valence-electron chi connectivity index (χ1n) is 8.40. The summed E-state index contributed by atoms with van der Waals surface area (Å²) in [4.78, 5) is 23.4. The largest absolute Gasteiger partial charge is 0.489 e. The zero-order valence-electron chi connectivity index (χ0n) is 14.7. The fraction of sp³-hybridized carbons (Fsp3) is 0.238. The van der Waals surface area contributed by atoms with Crippen molar-refractivity contribution in [1.82, 2.24) is 0 Å². The molecule has 5 heteroatoms. The number of hydrogen-bond acceptors (Lipinski definition) is 5. The number of carbonyl (C=O) groups excluding carboxylic acids is 2. The van der Waals surface area contributed by atoms with Gasteiger partial charge in [-0.25, -0.2) is 0 Å². The molecule has 0 amide bonds. The second kappa shape index (κ2) is 8.23. The molecule has 0 aromatic heterocycles. The van der Waals surface area contributed by atoms with Gasteiger partial charge in [-0.3, -0.25) is 9.59 Å². The van der Waals surface area contributed by atoms with Crippen LogP contribution in [-0.2, 0) is 20.7 Å². The predicted molar refractivity (Wildman–Crippen MR) is 103 cm³/mol. The van der Waals surface area contributed by atoms with Crippen molar-refractivity contribution in [2.45, 2.75) is 25.5 Å². The summed E-state index contributed by atoms with van der Waals surface area (Å²) in [6.07, 6.45) is 1.74. The molecule has 134 valence electrons. The minimum atomic E-state index is -0.0327. The van der Waals surface area contributed by atoms with Gasteiger partial charge in [0.05, 0.1) is 5.25 Å². The number of rotatable bonds is 7. The highest BCUT2D eigenvalue weighted by atomic mass is 32.2. The molecule has 1 heterocycles. The standard InChI is InChI=1S/C21H20O4S/c1-14-3-7-18(8-4-14)25-19-9-5-16(6-10-19)11-17(22)13-24-20-12-21(23)26-15(20)2/h3-10,12,15H,11,13H2,1-2H3. The number of aryl methyl sites for hydroxylation is 1. The number of benzene rings is 2. The van der Waals surface area contributed by atoms with Crippen LogP contribution in [0.3, 0.4) is 0 Å². The summed E-state index contributed by atoms with van der Waals surface area (Å²) >= 11 is 1.21. The number of thioether (sulfide) groups is 1. The van der Waals surface area contributed by atoms with Crippen molar-refractivity contribution in [2.24, 2.45) is 0 Å². The molecule has 0 spiro atoms. The summed E-state index contributed by atoms with van der Waals surface area (Å²) in [5.74, 6) is 2.05. The maximum atomic E-state index is 12.1. The van der Waals surface area contributed by atoms with Crippen LogP contribution in [0.4, 0.5) is 0 Å². The van der Waals surface area contributed by atoms with Gasteiger partial charge < -0.3 is 9.47 Å². The average Bonchev–Trinajstić information content (AvgIpc) is 2.94. The van der Waals surface area contributed by atoms with Crippen LogP contribution in [0.25, 0.3) is 0 Å². The minimum absolute atomic E-state index is 0.0199. The van der Waals surface area contributed by atoms with Crippen molar-refractivity contribution in [3.8, 4) is 11.5 Å². The Balaban J connectivity index is 1.50. The van der Waals surface area contributed by atoms with Gasteiger partial charge in [-0.2, -0.15) is 0 Å². The maximum absolute atomic E-state index is 12.1. The Hall–Kier alpha value is -2.53. The van der Waals surface area contributed by atoms with Gasteiger partial charge in [-0.05, 0) is 43.7 Å². The fourth-order valence-electron chi connectivity index (χ4n) is 2.52. The highest BCUT2D eigenvalue weighted by molar-refractivity contribution is 8.15. The van der Waals surface area contributed by atoms with E-state index in [0.29, 0.717) is 5.76 Å². The van der Waals surface area contributed by atoms with Crippen molar-refractivity contribution in [3.05, 3.63) is 71.5 Å². The van der Waals surface area contributed by atoms with E-state index >= 15 is 0 Å². The van der Waals surface area contributed by atoms with Crippen molar-refractivity contribution in [3.63, 3.8) is 0 Å². The zero-order chi connectivity index (χ0) is 18.5. The molecule has 0 saturated heterocycles. The van der Waals surface area contributed by atoms with Crippen LogP contribution < -0.4 is 4.74 Å². The molecule has 1 aliphatic heterocycles. The van der Waals surface area contributed by atoms with Crippen molar-refractivity contribution < 1.29 is 19.1 Å². The molecule has 4 nitrogen and oxygen atoms in total. The summed E-state index contributed by atoms with van der Waals surface area (Å²) in [7, 11) is 0. The Morgan fingerprint density at radius 2 is 1.65 bits per heavy atom. The Morgan fingerprint density at radius 3 is 2.23 bits per heavy atom. The quantitative estimate of drug-likeness (QED) is 0.722. The highest BCUT2D eigenvalue weighted by Crippen LogP contribution is 2.28. The molecular formula is C21H20O4S. The first-order valence-corrected chi connectivity index (χ1v) is 9.28. The van der Waals surface area contributed by atoms with Crippen LogP contribution in [-0.4, -0.2) is 22.8 Å². The molecule has 0 saturated carbocycles. The number of ketones is 1. The second-order valence-corrected chi connectivity index (χ2v) is 7.53. The zero-order valence-corrected chi connectivity index (χ0v) is 15.5. The summed E-state index contributed by atoms with van der Waals surface area (Å²) < 4.78 is 11.3. The Labute approximate surface area is 157 Å². The predicted octanol–water partition coefficient (Wildman–Crippen LogP) is 4.46. The van der Waals surface area contributed by atoms with E-state index in [9.17, 15) is 9.59 Å². The maximum Gasteiger partial charge on any atom is 0.216 e. The van der Waals surface area contributed by atoms with E-state index in [1.54, 1.807) is 0 Å². The third-order valence-corrected chi connectivity index (χ3v) is 4.87. The van der Waals surface area contributed by atoms with E-state index in [1.165, 1.54) is 23.4 Å². The summed E-state index contributed by atoms with van der Waals surface area (Å²) in [5.41, 5.74) is 2.08. The summed E-state index contributed by atoms with van der Waals surface area (Å²) in [5, 5.41) is -0.0439. The lowest BCUT2D eigenvalue weighted by molar-refractivity contribution is -0.121. The van der Waals surface area contributed by atoms with Gasteiger partial charge in [-0.15, -0.1) is 0 Å². The van der Waals surface area contributed by atoms with Gasteiger partial charge >= 0.3 is 0 Å². The third kappa shape index (κ3) is 4.99. The molecular weight excluding hydrogens is 348 g/mol. The summed E-state index contributed by atoms with van der Waals surface area (Å²) in [6.45, 7) is 3.89. The van der Waals surface area contributed by atoms with E-state index in [-0.39, 0.29) is 29.2 Å². The van der Waals surface area contributed by atoms with Crippen LogP contribution in [0.2, 0.25) is 0 Å². The van der Waals surface area contributed by atoms with Crippen LogP contribution >= 0.6 is 11.8 Å². The SMILES string of the molecule is Cc1ccc(Oc2ccc(CC(=O)COC3=CC(=O)SC3C)cc2)cc1. The molecule has 3 rings (SSSR count). The molecule has 0 fully saturated rings. The molecule has 0 N–H and O–H groups in total. The average molecular weight is 368 g/mol. The van der Waals surface area contributed by atoms with Gasteiger partial charge in [0.1, 0.15) is 23.9 Å². The number of carbonyl (C=O) groups is 2. The Bertz CT molecular complexity index is 822. The van der Waals surface area contributed by atoms with Gasteiger partial charge in [0.15, 0.2) is 5.78 Å². The van der Waals surface area contributed by atoms with Crippen molar-refractivity contribution in [1.29, 1.82) is 0 Å². The molecule has 1 atom stereocenters. The van der Waals surface area contributed by atoms with Crippen LogP contribution in [0.5, 0.6) is 11.5 Å². The summed E-state index contributed by atoms with van der Waals surface area (Å²) in [6, 6.07) is 15.3. The lowest BCUT2D eigenvalue weighted by Gasteiger charge is -2.10. The monoisotopic (exact) mass is 368 g/mol. The number of ether oxygens (including phenoxy) is 2. The van der Waals surface area contributed by atoms with Crippen LogP contribution in [0, 0.1) is 6.92 Å². The molecule has 1 aliphatic rings. The van der Waals surface area contributed by atoms with E-state index in [0.717, 1.165) is 17.1 Å². The van der Waals surface area contributed by atoms with E-state index < -0.39 is 0 Å². The Morgan fingerprint density at radius 1 is 1.04 bits per heavy atom. The molecule has 2 aromatic rings. The smallest absolute Gasteiger partial charge is 0.216 e. The van der Waals surface area contributed by atoms with Crippen LogP contribution in [0.1, 0.15) is 18.1 Å². The van der Waals surface area contributed by atoms with E-state index in [4.69, 9.17) is 9.47 Å². The normalized spacial score (nSPS) is 16.3. The van der Waals surface area contributed by atoms with Gasteiger partial charge in [0, 0.05) is 12.5 Å². The molecule has 0 aliphatic carbocycles. The van der Waals surface area contributed by atoms with Gasteiger partial charge in [0.2, 0.25) is 5.12 Å². The van der Waals surface area contributed by atoms with E-state index in [2.05, 4.69) is 0 Å². The van der Waals surface area contributed by atoms with Crippen molar-refractivity contribution >= 4 is 22.7 Å². The van der Waals surface area contributed by atoms with E-state index in [1.807, 2.05) is 62.4 Å². The Kier molecular flexibility index (Phi) is 5.78. The minimum Gasteiger partial charge on any atom is -0.489 e. The molecule has 26 heavy (non-hydrogen) atoms. The van der Waals surface area contributed by atoms with Crippen molar-refractivity contribution in [2.75, 3.05) is 6.61 Å². The molecule has 0 radical (unpaired) electrons. The number of hydrogen-bond donors (Lipinski definition) is 0. The fourth-order valence-corrected chi connectivity index (χ4v) is 3.30. The lowest BCUT2D eigenvalue weighted by atomic mass is 10.1. The van der Waals surface area contributed by atoms with Gasteiger partial charge in [-0.1, -0.05) is 41.6 Å². The topological polar surface area (TPSA) is 52.6 Å². The first kappa shape index (κ1) is 18.3. The first-order chi connectivity index (χ1) is 12.5. The molecule has 0 bridgehead atoms. The molecule has 2 aromatic carbocycles. The molecule has 1 unspecified atom stereocenters. The highest BCUT2D eigenvalue weighted by Gasteiger charge is 2.23. The van der Waals surface area contributed by atoms with Gasteiger partial charge in [0.25, 0.3) is 0 Å². The second-order valence-electron chi connectivity index (χ2n) is 6.19.